The molecule has 3 aliphatic carbocycles. The first-order valence-corrected chi connectivity index (χ1v) is 12.2. The lowest BCUT2D eigenvalue weighted by Gasteiger charge is -2.44. The number of phenolic OH excluding ortho intramolecular Hbond substituents is 1. The first kappa shape index (κ1) is 26.3. The van der Waals surface area contributed by atoms with Gasteiger partial charge in [-0.15, -0.1) is 0 Å². The molecule has 0 spiro atoms. The van der Waals surface area contributed by atoms with Gasteiger partial charge in [-0.05, 0) is 42.9 Å². The average molecular weight is 512 g/mol. The fraction of sp³-hybridized carbons (Fsp3) is 0.444. The number of aliphatic hydroxyl groups is 2. The summed E-state index contributed by atoms with van der Waals surface area (Å²) in [4.78, 5) is 43.5. The first-order valence-electron chi connectivity index (χ1n) is 12.2. The molecule has 2 atom stereocenters. The third-order valence-corrected chi connectivity index (χ3v) is 7.28. The largest absolute Gasteiger partial charge is 0.507 e. The molecule has 0 heterocycles. The van der Waals surface area contributed by atoms with E-state index in [1.165, 1.54) is 6.07 Å². The molecule has 0 bridgehead atoms. The minimum Gasteiger partial charge on any atom is -0.507 e. The summed E-state index contributed by atoms with van der Waals surface area (Å²) in [7, 11) is 6.98. The molecule has 1 saturated carbocycles. The number of ketones is 2. The summed E-state index contributed by atoms with van der Waals surface area (Å²) >= 11 is 0. The zero-order valence-corrected chi connectivity index (χ0v) is 21.7. The van der Waals surface area contributed by atoms with Gasteiger partial charge in [-0.25, -0.2) is 0 Å². The van der Waals surface area contributed by atoms with Crippen molar-refractivity contribution in [3.63, 3.8) is 0 Å². The molecule has 1 aromatic carbocycles. The number of carbonyl (C=O) groups is 3. The number of primary amides is 1. The molecule has 1 amide bonds. The monoisotopic (exact) mass is 511 g/mol. The molecule has 37 heavy (non-hydrogen) atoms. The second-order valence-electron chi connectivity index (χ2n) is 10.1. The van der Waals surface area contributed by atoms with E-state index in [1.54, 1.807) is 25.1 Å². The van der Waals surface area contributed by atoms with Crippen LogP contribution in [0, 0.1) is 5.92 Å². The van der Waals surface area contributed by atoms with Crippen molar-refractivity contribution in [2.45, 2.75) is 38.2 Å². The van der Waals surface area contributed by atoms with Crippen molar-refractivity contribution in [1.29, 1.82) is 0 Å². The molecule has 0 aliphatic heterocycles. The number of fused-ring (bicyclic) bond motifs is 3. The van der Waals surface area contributed by atoms with E-state index in [0.29, 0.717) is 12.0 Å². The van der Waals surface area contributed by atoms with Crippen molar-refractivity contribution in [2.75, 3.05) is 39.7 Å². The second kappa shape index (κ2) is 9.26. The number of likely N-dealkylation sites (N-methyl/N-ethyl adjacent to an activating group) is 1. The summed E-state index contributed by atoms with van der Waals surface area (Å²) in [5.41, 5.74) is 3.92. The molecular formula is C27H33N3O7. The minimum atomic E-state index is -2.74. The Balaban J connectivity index is 1.98. The van der Waals surface area contributed by atoms with Crippen molar-refractivity contribution < 1.29 is 34.4 Å². The van der Waals surface area contributed by atoms with Gasteiger partial charge in [-0.2, -0.15) is 0 Å². The van der Waals surface area contributed by atoms with Gasteiger partial charge in [0.15, 0.2) is 5.76 Å². The Morgan fingerprint density at radius 3 is 2.35 bits per heavy atom. The number of carbonyl (C=O) groups excluding carboxylic acids is 3. The van der Waals surface area contributed by atoms with Gasteiger partial charge in [0.1, 0.15) is 17.1 Å². The zero-order valence-electron chi connectivity index (χ0n) is 21.7. The van der Waals surface area contributed by atoms with Crippen LogP contribution in [0.5, 0.6) is 5.75 Å². The molecule has 1 aromatic rings. The molecule has 198 valence electrons. The predicted molar refractivity (Wildman–Crippen MR) is 137 cm³/mol. The quantitative estimate of drug-likeness (QED) is 0.243. The van der Waals surface area contributed by atoms with E-state index < -0.39 is 40.3 Å². The molecule has 0 radical (unpaired) electrons. The molecule has 10 heteroatoms. The molecule has 1 fully saturated rings. The number of benzene rings is 1. The van der Waals surface area contributed by atoms with E-state index in [1.807, 2.05) is 25.9 Å². The van der Waals surface area contributed by atoms with Crippen molar-refractivity contribution >= 4 is 28.9 Å². The van der Waals surface area contributed by atoms with Crippen LogP contribution < -0.4 is 10.6 Å². The van der Waals surface area contributed by atoms with Crippen molar-refractivity contribution in [3.8, 4) is 5.75 Å². The van der Waals surface area contributed by atoms with Crippen molar-refractivity contribution in [2.24, 2.45) is 11.7 Å². The summed E-state index contributed by atoms with van der Waals surface area (Å²) in [6, 6.07) is 3.14. The van der Waals surface area contributed by atoms with Gasteiger partial charge in [0.05, 0.1) is 17.9 Å². The van der Waals surface area contributed by atoms with Gasteiger partial charge in [-0.3, -0.25) is 14.4 Å². The number of phenols is 1. The third-order valence-electron chi connectivity index (χ3n) is 7.28. The molecular weight excluding hydrogens is 478 g/mol. The van der Waals surface area contributed by atoms with Crippen LogP contribution in [0.15, 0.2) is 40.3 Å². The van der Waals surface area contributed by atoms with E-state index in [4.69, 9.17) is 10.5 Å². The standard InChI is InChI=1S/C27H33N3O7/c1-6-7-10-37-23-20(26(28)35)25(34)27(36)15(21(23)30(4)5)12-13-11-14-16(29(2)3)8-9-17(31)19(14)22(32)18(13)24(27)33/h8-9,13,31-32,36H,6-7,10-12H2,1-5H3,(H2,28,35). The lowest BCUT2D eigenvalue weighted by molar-refractivity contribution is -0.145. The number of hydrogen-bond acceptors (Lipinski definition) is 9. The first-order chi connectivity index (χ1) is 17.4. The smallest absolute Gasteiger partial charge is 0.256 e. The van der Waals surface area contributed by atoms with E-state index in [-0.39, 0.29) is 53.4 Å². The van der Waals surface area contributed by atoms with E-state index in [2.05, 4.69) is 0 Å². The summed E-state index contributed by atoms with van der Waals surface area (Å²) in [6.45, 7) is 2.17. The number of rotatable bonds is 7. The van der Waals surface area contributed by atoms with Crippen LogP contribution in [0.25, 0.3) is 5.76 Å². The molecule has 3 aliphatic rings. The fourth-order valence-electron chi connectivity index (χ4n) is 5.59. The summed E-state index contributed by atoms with van der Waals surface area (Å²) in [5, 5.41) is 33.6. The Labute approximate surface area is 215 Å². The topological polar surface area (TPSA) is 154 Å². The highest BCUT2D eigenvalue weighted by Gasteiger charge is 2.61. The number of anilines is 1. The van der Waals surface area contributed by atoms with Crippen molar-refractivity contribution in [3.05, 3.63) is 51.4 Å². The van der Waals surface area contributed by atoms with Crippen LogP contribution in [0.1, 0.15) is 37.3 Å². The normalized spacial score (nSPS) is 23.0. The van der Waals surface area contributed by atoms with E-state index >= 15 is 0 Å². The third kappa shape index (κ3) is 3.78. The summed E-state index contributed by atoms with van der Waals surface area (Å²) in [5.74, 6) is -4.69. The van der Waals surface area contributed by atoms with Crippen molar-refractivity contribution in [1.82, 2.24) is 4.90 Å². The molecule has 0 aromatic heterocycles. The average Bonchev–Trinajstić information content (AvgIpc) is 2.80. The zero-order chi connectivity index (χ0) is 27.4. The van der Waals surface area contributed by atoms with Crippen LogP contribution in [0.3, 0.4) is 0 Å². The maximum atomic E-state index is 13.9. The Bertz CT molecular complexity index is 1310. The Kier molecular flexibility index (Phi) is 6.58. The highest BCUT2D eigenvalue weighted by atomic mass is 16.5. The number of hydrogen-bond donors (Lipinski definition) is 4. The number of unbranched alkanes of at least 4 members (excludes halogenated alkanes) is 1. The Hall–Kier alpha value is -3.79. The highest BCUT2D eigenvalue weighted by molar-refractivity contribution is 6.35. The van der Waals surface area contributed by atoms with Gasteiger partial charge in [0, 0.05) is 45.0 Å². The van der Waals surface area contributed by atoms with E-state index in [0.717, 1.165) is 12.1 Å². The van der Waals surface area contributed by atoms with Gasteiger partial charge in [0.2, 0.25) is 17.2 Å². The van der Waals surface area contributed by atoms with E-state index in [9.17, 15) is 29.7 Å². The van der Waals surface area contributed by atoms with Crippen LogP contribution in [-0.2, 0) is 25.5 Å². The molecule has 2 unspecified atom stereocenters. The molecule has 4 rings (SSSR count). The maximum Gasteiger partial charge on any atom is 0.256 e. The van der Waals surface area contributed by atoms with Gasteiger partial charge in [-0.1, -0.05) is 13.3 Å². The number of nitrogens with two attached hydrogens (primary N) is 1. The summed E-state index contributed by atoms with van der Waals surface area (Å²) < 4.78 is 5.89. The molecule has 10 nitrogen and oxygen atoms in total. The Morgan fingerprint density at radius 2 is 1.78 bits per heavy atom. The summed E-state index contributed by atoms with van der Waals surface area (Å²) in [6.07, 6.45) is 1.77. The molecule has 5 N–H and O–H groups in total. The Morgan fingerprint density at radius 1 is 1.11 bits per heavy atom. The lowest BCUT2D eigenvalue weighted by atomic mass is 9.61. The molecule has 0 saturated heterocycles. The highest BCUT2D eigenvalue weighted by Crippen LogP contribution is 2.52. The van der Waals surface area contributed by atoms with Gasteiger partial charge in [0.25, 0.3) is 5.91 Å². The van der Waals surface area contributed by atoms with Crippen LogP contribution >= 0.6 is 0 Å². The number of nitrogens with zero attached hydrogens (tertiary/aromatic N) is 2. The number of amides is 1. The second-order valence-corrected chi connectivity index (χ2v) is 10.1. The van der Waals surface area contributed by atoms with Crippen LogP contribution in [-0.4, -0.2) is 78.1 Å². The number of aliphatic hydroxyl groups excluding tert-OH is 1. The number of Topliss-reactive ketones (excluding diaryl/α,β-unsaturated/α-hetero) is 2. The number of aromatic hydroxyl groups is 1. The fourth-order valence-corrected chi connectivity index (χ4v) is 5.59. The van der Waals surface area contributed by atoms with Crippen LogP contribution in [0.2, 0.25) is 0 Å². The number of ether oxygens (including phenoxy) is 1. The van der Waals surface area contributed by atoms with Gasteiger partial charge < -0.3 is 35.6 Å². The van der Waals surface area contributed by atoms with Gasteiger partial charge >= 0.3 is 0 Å². The maximum absolute atomic E-state index is 13.9. The lowest BCUT2D eigenvalue weighted by Crippen LogP contribution is -2.58. The predicted octanol–water partition coefficient (Wildman–Crippen LogP) is 1.56. The van der Waals surface area contributed by atoms with Crippen LogP contribution in [0.4, 0.5) is 5.69 Å². The minimum absolute atomic E-state index is 0.0372. The SMILES string of the molecule is CCCCOC1=C(C(N)=O)C(=O)C2(O)C(=O)C3=C(O)c4c(O)ccc(N(C)C)c4CC3CC2=C1N(C)C.